The molecule has 0 N–H and O–H groups in total. The molecule has 1 aromatic heterocycles. The van der Waals surface area contributed by atoms with Gasteiger partial charge in [0.1, 0.15) is 30.7 Å². The van der Waals surface area contributed by atoms with Crippen LogP contribution in [0.1, 0.15) is 40.5 Å². The van der Waals surface area contributed by atoms with E-state index in [2.05, 4.69) is 80.8 Å². The minimum absolute atomic E-state index is 0. The fourth-order valence-electron chi connectivity index (χ4n) is 4.38. The van der Waals surface area contributed by atoms with Gasteiger partial charge in [-0.15, -0.1) is 0 Å². The van der Waals surface area contributed by atoms with Gasteiger partial charge in [0, 0.05) is 28.9 Å². The average Bonchev–Trinajstić information content (AvgIpc) is 3.34. The normalized spacial score (nSPS) is 17.2. The minimum Gasteiger partial charge on any atom is -1.00 e. The second kappa shape index (κ2) is 7.44. The van der Waals surface area contributed by atoms with Gasteiger partial charge in [-0.1, -0.05) is 40.2 Å². The second-order valence-corrected chi connectivity index (χ2v) is 8.14. The van der Waals surface area contributed by atoms with Crippen LogP contribution in [-0.2, 0) is 19.4 Å². The number of aryl methyl sites for hydroxylation is 1. The molecule has 1 aliphatic carbocycles. The van der Waals surface area contributed by atoms with E-state index >= 15 is 0 Å². The maximum absolute atomic E-state index is 5.82. The van der Waals surface area contributed by atoms with E-state index in [1.165, 1.54) is 39.0 Å². The summed E-state index contributed by atoms with van der Waals surface area (Å²) in [6.45, 7) is 3.93. The quantitative estimate of drug-likeness (QED) is 0.508. The Morgan fingerprint density at radius 2 is 2.04 bits per heavy atom. The van der Waals surface area contributed by atoms with Gasteiger partial charge in [0.15, 0.2) is 0 Å². The molecule has 5 heteroatoms. The molecule has 5 rings (SSSR count). The first-order chi connectivity index (χ1) is 12.7. The van der Waals surface area contributed by atoms with E-state index in [1.54, 1.807) is 0 Å². The van der Waals surface area contributed by atoms with Crippen LogP contribution in [0.3, 0.4) is 0 Å². The Balaban J connectivity index is 0.00000180. The highest BCUT2D eigenvalue weighted by atomic mass is 79.9. The molecule has 27 heavy (non-hydrogen) atoms. The summed E-state index contributed by atoms with van der Waals surface area (Å²) in [6, 6.07) is 13.5. The van der Waals surface area contributed by atoms with Crippen molar-refractivity contribution in [2.24, 2.45) is 0 Å². The van der Waals surface area contributed by atoms with Crippen molar-refractivity contribution in [2.45, 2.75) is 38.8 Å². The van der Waals surface area contributed by atoms with Crippen molar-refractivity contribution in [1.82, 2.24) is 4.57 Å². The Morgan fingerprint density at radius 3 is 2.89 bits per heavy atom. The largest absolute Gasteiger partial charge is 1.00 e. The number of imidazole rings is 1. The number of hydrogen-bond donors (Lipinski definition) is 0. The van der Waals surface area contributed by atoms with Gasteiger partial charge in [-0.05, 0) is 36.1 Å². The van der Waals surface area contributed by atoms with Crippen LogP contribution in [0.2, 0.25) is 0 Å². The first kappa shape index (κ1) is 18.8. The molecule has 0 spiro atoms. The van der Waals surface area contributed by atoms with Crippen LogP contribution in [0.5, 0.6) is 5.75 Å². The summed E-state index contributed by atoms with van der Waals surface area (Å²) in [4.78, 5) is 0. The smallest absolute Gasteiger partial charge is 0.254 e. The molecule has 0 saturated carbocycles. The number of aromatic nitrogens is 2. The molecule has 2 aliphatic rings. The summed E-state index contributed by atoms with van der Waals surface area (Å²) in [5.41, 5.74) is 5.64. The number of benzene rings is 2. The standard InChI is InChI=1S/C22H22BrN2O.BrH/c1-15-24(14-18-4-2-3-5-20(18)23)9-10-25(15)21-7-6-16-12-17-8-11-26-22(17)13-19(16)21;/h2-5,9-10,12-13,21H,6-8,11,14H2,1H3;1H/q+1;/p-1. The molecule has 0 bridgehead atoms. The lowest BCUT2D eigenvalue weighted by Gasteiger charge is -2.12. The average molecular weight is 490 g/mol. The molecule has 2 heterocycles. The Labute approximate surface area is 178 Å². The first-order valence-corrected chi connectivity index (χ1v) is 10.1. The lowest BCUT2D eigenvalue weighted by atomic mass is 10.0. The van der Waals surface area contributed by atoms with Crippen LogP contribution in [-0.4, -0.2) is 11.2 Å². The van der Waals surface area contributed by atoms with Crippen LogP contribution in [0.25, 0.3) is 0 Å². The molecule has 0 radical (unpaired) electrons. The SMILES string of the molecule is Cc1n(C2CCc3cc4c(cc32)OCC4)cc[n+]1Cc1ccccc1Br.[Br-]. The van der Waals surface area contributed by atoms with Crippen LogP contribution in [0.4, 0.5) is 0 Å². The Hall–Kier alpha value is -1.59. The molecule has 140 valence electrons. The summed E-state index contributed by atoms with van der Waals surface area (Å²) < 4.78 is 11.8. The van der Waals surface area contributed by atoms with Crippen LogP contribution < -0.4 is 26.3 Å². The predicted octanol–water partition coefficient (Wildman–Crippen LogP) is 1.37. The lowest BCUT2D eigenvalue weighted by molar-refractivity contribution is -0.694. The van der Waals surface area contributed by atoms with E-state index in [4.69, 9.17) is 4.74 Å². The molecule has 1 unspecified atom stereocenters. The van der Waals surface area contributed by atoms with Gasteiger partial charge in [0.2, 0.25) is 0 Å². The van der Waals surface area contributed by atoms with Gasteiger partial charge >= 0.3 is 0 Å². The monoisotopic (exact) mass is 488 g/mol. The third-order valence-corrected chi connectivity index (χ3v) is 6.60. The maximum Gasteiger partial charge on any atom is 0.254 e. The van der Waals surface area contributed by atoms with Gasteiger partial charge in [0.05, 0.1) is 6.61 Å². The molecule has 0 saturated heterocycles. The maximum atomic E-state index is 5.82. The highest BCUT2D eigenvalue weighted by Gasteiger charge is 2.32. The van der Waals surface area contributed by atoms with Crippen molar-refractivity contribution in [3.63, 3.8) is 0 Å². The Bertz CT molecular complexity index is 996. The third-order valence-electron chi connectivity index (χ3n) is 5.83. The van der Waals surface area contributed by atoms with Crippen molar-refractivity contribution >= 4 is 15.9 Å². The highest BCUT2D eigenvalue weighted by Crippen LogP contribution is 2.40. The first-order valence-electron chi connectivity index (χ1n) is 9.29. The lowest BCUT2D eigenvalue weighted by Crippen LogP contribution is -3.00. The number of hydrogen-bond acceptors (Lipinski definition) is 1. The molecule has 3 nitrogen and oxygen atoms in total. The summed E-state index contributed by atoms with van der Waals surface area (Å²) >= 11 is 3.67. The van der Waals surface area contributed by atoms with Crippen molar-refractivity contribution < 1.29 is 26.3 Å². The highest BCUT2D eigenvalue weighted by molar-refractivity contribution is 9.10. The summed E-state index contributed by atoms with van der Waals surface area (Å²) in [7, 11) is 0. The van der Waals surface area contributed by atoms with Gasteiger partial charge < -0.3 is 21.7 Å². The molecule has 3 aromatic rings. The zero-order valence-corrected chi connectivity index (χ0v) is 18.5. The Kier molecular flexibility index (Phi) is 5.17. The fourth-order valence-corrected chi connectivity index (χ4v) is 4.79. The summed E-state index contributed by atoms with van der Waals surface area (Å²) in [6.07, 6.45) is 7.83. The van der Waals surface area contributed by atoms with Gasteiger partial charge in [0.25, 0.3) is 5.82 Å². The molecule has 1 atom stereocenters. The molecular formula is C22H22Br2N2O. The molecule has 0 fully saturated rings. The molecule has 0 amide bonds. The molecule has 1 aliphatic heterocycles. The zero-order valence-electron chi connectivity index (χ0n) is 15.3. The number of nitrogens with zero attached hydrogens (tertiary/aromatic N) is 2. The summed E-state index contributed by atoms with van der Waals surface area (Å²) in [5, 5.41) is 0. The van der Waals surface area contributed by atoms with Gasteiger partial charge in [-0.2, -0.15) is 0 Å². The van der Waals surface area contributed by atoms with Gasteiger partial charge in [-0.25, -0.2) is 9.13 Å². The van der Waals surface area contributed by atoms with Crippen molar-refractivity contribution in [2.75, 3.05) is 6.61 Å². The Morgan fingerprint density at radius 1 is 1.19 bits per heavy atom. The van der Waals surface area contributed by atoms with E-state index in [0.717, 1.165) is 31.7 Å². The zero-order chi connectivity index (χ0) is 17.7. The minimum atomic E-state index is 0. The topological polar surface area (TPSA) is 18.0 Å². The van der Waals surface area contributed by atoms with E-state index in [0.29, 0.717) is 6.04 Å². The van der Waals surface area contributed by atoms with Crippen molar-refractivity contribution in [3.8, 4) is 5.75 Å². The van der Waals surface area contributed by atoms with Crippen molar-refractivity contribution in [3.05, 3.63) is 81.3 Å². The van der Waals surface area contributed by atoms with Crippen LogP contribution >= 0.6 is 15.9 Å². The number of ether oxygens (including phenoxy) is 1. The van der Waals surface area contributed by atoms with E-state index in [-0.39, 0.29) is 17.0 Å². The van der Waals surface area contributed by atoms with Crippen LogP contribution in [0, 0.1) is 6.92 Å². The molecule has 2 aromatic carbocycles. The van der Waals surface area contributed by atoms with E-state index in [1.807, 2.05) is 0 Å². The molecular weight excluding hydrogens is 468 g/mol. The summed E-state index contributed by atoms with van der Waals surface area (Å²) in [5.74, 6) is 2.39. The van der Waals surface area contributed by atoms with E-state index < -0.39 is 0 Å². The number of rotatable bonds is 3. The number of fused-ring (bicyclic) bond motifs is 2. The second-order valence-electron chi connectivity index (χ2n) is 7.28. The van der Waals surface area contributed by atoms with Crippen LogP contribution in [0.15, 0.2) is 53.3 Å². The van der Waals surface area contributed by atoms with Crippen molar-refractivity contribution in [1.29, 1.82) is 0 Å². The predicted molar refractivity (Wildman–Crippen MR) is 105 cm³/mol. The van der Waals surface area contributed by atoms with E-state index in [9.17, 15) is 0 Å². The number of halogens is 2. The van der Waals surface area contributed by atoms with Gasteiger partial charge in [-0.3, -0.25) is 0 Å². The fraction of sp³-hybridized carbons (Fsp3) is 0.318. The third kappa shape index (κ3) is 3.25.